The lowest BCUT2D eigenvalue weighted by molar-refractivity contribution is -0.136. The van der Waals surface area contributed by atoms with Crippen molar-refractivity contribution in [3.8, 4) is 6.07 Å². The third-order valence-corrected chi connectivity index (χ3v) is 0.712. The van der Waals surface area contributed by atoms with Crippen LogP contribution in [0.2, 0.25) is 0 Å². The monoisotopic (exact) mass is 183 g/mol. The first-order valence-electron chi connectivity index (χ1n) is 3.10. The van der Waals surface area contributed by atoms with Crippen LogP contribution in [0.25, 0.3) is 0 Å². The quantitative estimate of drug-likeness (QED) is 0.383. The van der Waals surface area contributed by atoms with Gasteiger partial charge in [-0.25, -0.2) is 4.79 Å². The molecule has 0 saturated carbocycles. The maximum absolute atomic E-state index is 9.61. The van der Waals surface area contributed by atoms with Crippen LogP contribution in [-0.2, 0) is 9.59 Å². The maximum atomic E-state index is 9.61. The summed E-state index contributed by atoms with van der Waals surface area (Å²) in [5, 5.41) is 23.5. The van der Waals surface area contributed by atoms with Crippen LogP contribution in [0.5, 0.6) is 0 Å². The van der Waals surface area contributed by atoms with Gasteiger partial charge in [-0.15, -0.1) is 6.58 Å². The van der Waals surface area contributed by atoms with Crippen molar-refractivity contribution < 1.29 is 19.8 Å². The number of carboxylic acid groups (broad SMARTS) is 2. The second-order valence-electron chi connectivity index (χ2n) is 1.78. The molecule has 0 atom stereocenters. The fraction of sp³-hybridized carbons (Fsp3) is 0.125. The topological polar surface area (TPSA) is 98.4 Å². The summed E-state index contributed by atoms with van der Waals surface area (Å²) < 4.78 is 0. The van der Waals surface area contributed by atoms with E-state index in [4.69, 9.17) is 15.5 Å². The highest BCUT2D eigenvalue weighted by molar-refractivity contribution is 5.90. The smallest absolute Gasteiger partial charge is 0.345 e. The van der Waals surface area contributed by atoms with Gasteiger partial charge in [0.05, 0.1) is 6.42 Å². The van der Waals surface area contributed by atoms with Crippen molar-refractivity contribution in [2.45, 2.75) is 6.42 Å². The molecule has 0 aromatic heterocycles. The minimum atomic E-state index is -1.26. The molecular formula is C8H9NO4. The molecule has 0 radical (unpaired) electrons. The van der Waals surface area contributed by atoms with E-state index in [2.05, 4.69) is 13.2 Å². The Morgan fingerprint density at radius 1 is 1.46 bits per heavy atom. The molecule has 0 heterocycles. The van der Waals surface area contributed by atoms with Crippen molar-refractivity contribution in [1.29, 1.82) is 5.26 Å². The van der Waals surface area contributed by atoms with E-state index in [-0.39, 0.29) is 6.42 Å². The summed E-state index contributed by atoms with van der Waals surface area (Å²) >= 11 is 0. The maximum Gasteiger partial charge on any atom is 0.345 e. The van der Waals surface area contributed by atoms with Gasteiger partial charge in [-0.3, -0.25) is 4.79 Å². The average Bonchev–Trinajstić information content (AvgIpc) is 2.03. The van der Waals surface area contributed by atoms with Crippen molar-refractivity contribution >= 4 is 11.9 Å². The zero-order valence-corrected chi connectivity index (χ0v) is 6.86. The molecule has 0 spiro atoms. The molecule has 5 nitrogen and oxygen atoms in total. The Kier molecular flexibility index (Phi) is 8.32. The van der Waals surface area contributed by atoms with Gasteiger partial charge < -0.3 is 10.2 Å². The van der Waals surface area contributed by atoms with E-state index in [9.17, 15) is 9.59 Å². The molecule has 0 aliphatic carbocycles. The molecule has 0 saturated heterocycles. The third-order valence-electron chi connectivity index (χ3n) is 0.712. The van der Waals surface area contributed by atoms with Crippen LogP contribution in [0, 0.1) is 11.3 Å². The number of carboxylic acids is 2. The van der Waals surface area contributed by atoms with E-state index >= 15 is 0 Å². The lowest BCUT2D eigenvalue weighted by atomic mass is 10.4. The molecule has 0 aliphatic rings. The molecule has 2 N–H and O–H groups in total. The van der Waals surface area contributed by atoms with E-state index in [0.29, 0.717) is 0 Å². The number of carbonyl (C=O) groups is 2. The first-order valence-corrected chi connectivity index (χ1v) is 3.10. The molecule has 0 bridgehead atoms. The highest BCUT2D eigenvalue weighted by Crippen LogP contribution is 1.81. The van der Waals surface area contributed by atoms with Crippen molar-refractivity contribution in [1.82, 2.24) is 0 Å². The van der Waals surface area contributed by atoms with E-state index in [1.165, 1.54) is 12.1 Å². The minimum Gasteiger partial charge on any atom is -0.481 e. The molecule has 0 fully saturated rings. The van der Waals surface area contributed by atoms with Gasteiger partial charge in [-0.1, -0.05) is 12.7 Å². The fourth-order valence-corrected chi connectivity index (χ4v) is 0.171. The lowest BCUT2D eigenvalue weighted by Gasteiger charge is -1.76. The van der Waals surface area contributed by atoms with Crippen LogP contribution < -0.4 is 0 Å². The molecule has 0 aromatic rings. The van der Waals surface area contributed by atoms with Gasteiger partial charge >= 0.3 is 11.9 Å². The lowest BCUT2D eigenvalue weighted by Crippen LogP contribution is -1.94. The molecule has 5 heteroatoms. The molecule has 0 amide bonds. The summed E-state index contributed by atoms with van der Waals surface area (Å²) in [6.45, 7) is 6.13. The van der Waals surface area contributed by atoms with Crippen molar-refractivity contribution in [3.63, 3.8) is 0 Å². The Hall–Kier alpha value is -2.09. The van der Waals surface area contributed by atoms with Crippen molar-refractivity contribution in [3.05, 3.63) is 24.8 Å². The van der Waals surface area contributed by atoms with E-state index in [1.54, 1.807) is 0 Å². The number of aliphatic carboxylic acids is 2. The Labute approximate surface area is 75.2 Å². The molecule has 0 aromatic carbocycles. The van der Waals surface area contributed by atoms with E-state index in [1.807, 2.05) is 0 Å². The van der Waals surface area contributed by atoms with Gasteiger partial charge in [0.2, 0.25) is 0 Å². The van der Waals surface area contributed by atoms with Gasteiger partial charge in [-0.05, 0) is 0 Å². The van der Waals surface area contributed by atoms with Crippen LogP contribution in [0.3, 0.4) is 0 Å². The van der Waals surface area contributed by atoms with Crippen LogP contribution >= 0.6 is 0 Å². The Bertz CT molecular complexity index is 262. The van der Waals surface area contributed by atoms with Crippen LogP contribution in [0.15, 0.2) is 24.8 Å². The standard InChI is InChI=1S/C4H3NO2.C4H6O2/c1-3(2-5)4(6)7;1-2-3-4(5)6/h1H2,(H,6,7);2H,1,3H2,(H,5,6). The Morgan fingerprint density at radius 3 is 1.92 bits per heavy atom. The number of nitrogens with zero attached hydrogens (tertiary/aromatic N) is 1. The third kappa shape index (κ3) is 13.0. The molecule has 0 aliphatic heterocycles. The molecular weight excluding hydrogens is 174 g/mol. The van der Waals surface area contributed by atoms with Crippen LogP contribution in [0.1, 0.15) is 6.42 Å². The summed E-state index contributed by atoms with van der Waals surface area (Å²) in [7, 11) is 0. The van der Waals surface area contributed by atoms with Gasteiger partial charge in [0.1, 0.15) is 11.6 Å². The molecule has 13 heavy (non-hydrogen) atoms. The summed E-state index contributed by atoms with van der Waals surface area (Å²) in [5.74, 6) is -2.09. The van der Waals surface area contributed by atoms with E-state index < -0.39 is 17.5 Å². The molecule has 0 unspecified atom stereocenters. The van der Waals surface area contributed by atoms with Crippen molar-refractivity contribution in [2.24, 2.45) is 0 Å². The first-order chi connectivity index (χ1) is 5.95. The average molecular weight is 183 g/mol. The normalized spacial score (nSPS) is 7.00. The van der Waals surface area contributed by atoms with Gasteiger partial charge in [0.25, 0.3) is 0 Å². The van der Waals surface area contributed by atoms with Gasteiger partial charge in [0.15, 0.2) is 0 Å². The second-order valence-corrected chi connectivity index (χ2v) is 1.78. The van der Waals surface area contributed by atoms with Gasteiger partial charge in [0, 0.05) is 0 Å². The van der Waals surface area contributed by atoms with Gasteiger partial charge in [-0.2, -0.15) is 5.26 Å². The highest BCUT2D eigenvalue weighted by Gasteiger charge is 1.97. The number of nitriles is 1. The summed E-state index contributed by atoms with van der Waals surface area (Å²) in [6.07, 6.45) is 1.41. The van der Waals surface area contributed by atoms with Crippen LogP contribution in [0.4, 0.5) is 0 Å². The van der Waals surface area contributed by atoms with Crippen LogP contribution in [-0.4, -0.2) is 22.2 Å². The summed E-state index contributed by atoms with van der Waals surface area (Å²) in [5.41, 5.74) is -0.431. The zero-order valence-electron chi connectivity index (χ0n) is 6.86. The number of hydrogen-bond donors (Lipinski definition) is 2. The largest absolute Gasteiger partial charge is 0.481 e. The van der Waals surface area contributed by atoms with Crippen molar-refractivity contribution in [2.75, 3.05) is 0 Å². The number of hydrogen-bond acceptors (Lipinski definition) is 3. The predicted octanol–water partition coefficient (Wildman–Crippen LogP) is 0.798. The Balaban J connectivity index is 0. The minimum absolute atomic E-state index is 0.0556. The summed E-state index contributed by atoms with van der Waals surface area (Å²) in [6, 6.07) is 1.37. The zero-order chi connectivity index (χ0) is 10.9. The van der Waals surface area contributed by atoms with E-state index in [0.717, 1.165) is 0 Å². The number of rotatable bonds is 3. The predicted molar refractivity (Wildman–Crippen MR) is 44.8 cm³/mol. The fourth-order valence-electron chi connectivity index (χ4n) is 0.171. The molecule has 70 valence electrons. The highest BCUT2D eigenvalue weighted by atomic mass is 16.4. The molecule has 0 rings (SSSR count). The summed E-state index contributed by atoms with van der Waals surface area (Å²) in [4.78, 5) is 19.1. The second kappa shape index (κ2) is 8.01. The SMILES string of the molecule is C=C(C#N)C(=O)O.C=CCC(=O)O. The Morgan fingerprint density at radius 2 is 1.92 bits per heavy atom. The first kappa shape index (κ1) is 13.5.